The third kappa shape index (κ3) is 2.37. The molecule has 82 valence electrons. The molecule has 2 heteroatoms. The van der Waals surface area contributed by atoms with E-state index in [4.69, 9.17) is 0 Å². The van der Waals surface area contributed by atoms with Crippen molar-refractivity contribution < 1.29 is 4.39 Å². The summed E-state index contributed by atoms with van der Waals surface area (Å²) in [4.78, 5) is 0. The van der Waals surface area contributed by atoms with Gasteiger partial charge < -0.3 is 5.32 Å². The van der Waals surface area contributed by atoms with Crippen molar-refractivity contribution in [3.63, 3.8) is 0 Å². The molecule has 15 heavy (non-hydrogen) atoms. The van der Waals surface area contributed by atoms with Gasteiger partial charge in [-0.05, 0) is 25.3 Å². The lowest BCUT2D eigenvalue weighted by Gasteiger charge is -2.31. The van der Waals surface area contributed by atoms with E-state index in [1.165, 1.54) is 19.3 Å². The third-order valence-electron chi connectivity index (χ3n) is 3.23. The van der Waals surface area contributed by atoms with Gasteiger partial charge in [0.25, 0.3) is 0 Å². The minimum absolute atomic E-state index is 0.0869. The van der Waals surface area contributed by atoms with Crippen LogP contribution in [-0.4, -0.2) is 6.04 Å². The monoisotopic (exact) mass is 207 g/mol. The van der Waals surface area contributed by atoms with E-state index in [0.29, 0.717) is 6.04 Å². The molecule has 1 nitrogen and oxygen atoms in total. The predicted octanol–water partition coefficient (Wildman–Crippen LogP) is 3.42. The zero-order valence-electron chi connectivity index (χ0n) is 9.17. The summed E-state index contributed by atoms with van der Waals surface area (Å²) in [5.74, 6) is -0.0869. The number of hydrogen-bond acceptors (Lipinski definition) is 1. The molecular weight excluding hydrogens is 189 g/mol. The molecule has 0 bridgehead atoms. The largest absolute Gasteiger partial charge is 0.307 e. The van der Waals surface area contributed by atoms with E-state index in [1.807, 2.05) is 12.1 Å². The van der Waals surface area contributed by atoms with Crippen LogP contribution in [0.2, 0.25) is 0 Å². The Morgan fingerprint density at radius 1 is 1.40 bits per heavy atom. The van der Waals surface area contributed by atoms with Crippen LogP contribution in [0.1, 0.15) is 44.2 Å². The van der Waals surface area contributed by atoms with Crippen molar-refractivity contribution >= 4 is 0 Å². The Bertz CT molecular complexity index is 320. The lowest BCUT2D eigenvalue weighted by atomic mass is 9.91. The summed E-state index contributed by atoms with van der Waals surface area (Å²) in [5.41, 5.74) is 0.812. The zero-order chi connectivity index (χ0) is 10.7. The van der Waals surface area contributed by atoms with Crippen LogP contribution >= 0.6 is 0 Å². The van der Waals surface area contributed by atoms with Gasteiger partial charge >= 0.3 is 0 Å². The van der Waals surface area contributed by atoms with Gasteiger partial charge in [0.15, 0.2) is 0 Å². The minimum atomic E-state index is -0.0869. The highest BCUT2D eigenvalue weighted by molar-refractivity contribution is 5.21. The van der Waals surface area contributed by atoms with Gasteiger partial charge in [-0.15, -0.1) is 0 Å². The summed E-state index contributed by atoms with van der Waals surface area (Å²) in [5, 5.41) is 3.52. The van der Waals surface area contributed by atoms with E-state index in [0.717, 1.165) is 12.0 Å². The Morgan fingerprint density at radius 3 is 2.67 bits per heavy atom. The average molecular weight is 207 g/mol. The highest BCUT2D eigenvalue weighted by atomic mass is 19.1. The topological polar surface area (TPSA) is 12.0 Å². The van der Waals surface area contributed by atoms with Crippen molar-refractivity contribution in [2.24, 2.45) is 0 Å². The molecule has 0 saturated heterocycles. The van der Waals surface area contributed by atoms with Crippen molar-refractivity contribution in [3.05, 3.63) is 35.6 Å². The van der Waals surface area contributed by atoms with E-state index in [9.17, 15) is 4.39 Å². The van der Waals surface area contributed by atoms with E-state index < -0.39 is 0 Å². The molecule has 1 unspecified atom stereocenters. The molecule has 0 aromatic heterocycles. The maximum Gasteiger partial charge on any atom is 0.127 e. The lowest BCUT2D eigenvalue weighted by Crippen LogP contribution is -2.37. The van der Waals surface area contributed by atoms with Gasteiger partial charge in [0.05, 0.1) is 0 Å². The SMILES string of the molecule is CCC(NC1CCC1)c1ccccc1F. The molecule has 0 heterocycles. The third-order valence-corrected chi connectivity index (χ3v) is 3.23. The number of halogens is 1. The highest BCUT2D eigenvalue weighted by Crippen LogP contribution is 2.25. The first kappa shape index (κ1) is 10.6. The van der Waals surface area contributed by atoms with Gasteiger partial charge in [0.2, 0.25) is 0 Å². The maximum absolute atomic E-state index is 13.6. The van der Waals surface area contributed by atoms with Crippen molar-refractivity contribution in [1.82, 2.24) is 5.32 Å². The molecular formula is C13H18FN. The molecule has 1 aromatic carbocycles. The van der Waals surface area contributed by atoms with Crippen LogP contribution in [0, 0.1) is 5.82 Å². The van der Waals surface area contributed by atoms with Crippen molar-refractivity contribution in [2.45, 2.75) is 44.7 Å². The smallest absolute Gasteiger partial charge is 0.127 e. The normalized spacial score (nSPS) is 18.5. The molecule has 1 atom stereocenters. The summed E-state index contributed by atoms with van der Waals surface area (Å²) in [6, 6.07) is 7.86. The number of hydrogen-bond donors (Lipinski definition) is 1. The first-order valence-corrected chi connectivity index (χ1v) is 5.81. The fraction of sp³-hybridized carbons (Fsp3) is 0.538. The van der Waals surface area contributed by atoms with E-state index in [-0.39, 0.29) is 11.9 Å². The van der Waals surface area contributed by atoms with E-state index >= 15 is 0 Å². The Balaban J connectivity index is 2.07. The molecule has 1 aliphatic rings. The van der Waals surface area contributed by atoms with Crippen LogP contribution in [-0.2, 0) is 0 Å². The zero-order valence-corrected chi connectivity index (χ0v) is 9.17. The van der Waals surface area contributed by atoms with Crippen molar-refractivity contribution in [1.29, 1.82) is 0 Å². The van der Waals surface area contributed by atoms with Gasteiger partial charge in [-0.1, -0.05) is 31.5 Å². The van der Waals surface area contributed by atoms with E-state index in [2.05, 4.69) is 12.2 Å². The van der Waals surface area contributed by atoms with Crippen LogP contribution in [0.5, 0.6) is 0 Å². The number of benzene rings is 1. The summed E-state index contributed by atoms with van der Waals surface area (Å²) in [6.45, 7) is 2.10. The first-order valence-electron chi connectivity index (χ1n) is 5.81. The maximum atomic E-state index is 13.6. The number of rotatable bonds is 4. The van der Waals surface area contributed by atoms with Gasteiger partial charge in [0, 0.05) is 17.6 Å². The Labute approximate surface area is 90.7 Å². The summed E-state index contributed by atoms with van der Waals surface area (Å²) in [7, 11) is 0. The lowest BCUT2D eigenvalue weighted by molar-refractivity contribution is 0.298. The van der Waals surface area contributed by atoms with Crippen LogP contribution < -0.4 is 5.32 Å². The molecule has 1 fully saturated rings. The van der Waals surface area contributed by atoms with Crippen LogP contribution in [0.3, 0.4) is 0 Å². The standard InChI is InChI=1S/C13H18FN/c1-2-13(15-10-6-5-7-10)11-8-3-4-9-12(11)14/h3-4,8-10,13,15H,2,5-7H2,1H3. The van der Waals surface area contributed by atoms with Gasteiger partial charge in [-0.25, -0.2) is 4.39 Å². The summed E-state index contributed by atoms with van der Waals surface area (Å²) >= 11 is 0. The fourth-order valence-corrected chi connectivity index (χ4v) is 2.04. The molecule has 1 aliphatic carbocycles. The molecule has 2 rings (SSSR count). The second-order valence-electron chi connectivity index (χ2n) is 4.28. The first-order chi connectivity index (χ1) is 7.31. The second-order valence-corrected chi connectivity index (χ2v) is 4.28. The Kier molecular flexibility index (Phi) is 3.37. The summed E-state index contributed by atoms with van der Waals surface area (Å²) in [6.07, 6.45) is 4.73. The minimum Gasteiger partial charge on any atom is -0.307 e. The molecule has 0 amide bonds. The van der Waals surface area contributed by atoms with Crippen LogP contribution in [0.15, 0.2) is 24.3 Å². The Hall–Kier alpha value is -0.890. The average Bonchev–Trinajstić information content (AvgIpc) is 2.19. The molecule has 0 aliphatic heterocycles. The fourth-order valence-electron chi connectivity index (χ4n) is 2.04. The number of nitrogens with one attached hydrogen (secondary N) is 1. The molecule has 0 spiro atoms. The predicted molar refractivity (Wildman–Crippen MR) is 60.2 cm³/mol. The van der Waals surface area contributed by atoms with Gasteiger partial charge in [0.1, 0.15) is 5.82 Å². The molecule has 1 N–H and O–H groups in total. The summed E-state index contributed by atoms with van der Waals surface area (Å²) < 4.78 is 13.6. The van der Waals surface area contributed by atoms with Gasteiger partial charge in [-0.3, -0.25) is 0 Å². The Morgan fingerprint density at radius 2 is 2.13 bits per heavy atom. The molecule has 1 saturated carbocycles. The second kappa shape index (κ2) is 4.75. The van der Waals surface area contributed by atoms with Gasteiger partial charge in [-0.2, -0.15) is 0 Å². The molecule has 0 radical (unpaired) electrons. The highest BCUT2D eigenvalue weighted by Gasteiger charge is 2.22. The molecule has 1 aromatic rings. The van der Waals surface area contributed by atoms with Crippen molar-refractivity contribution in [2.75, 3.05) is 0 Å². The van der Waals surface area contributed by atoms with Crippen LogP contribution in [0.25, 0.3) is 0 Å². The van der Waals surface area contributed by atoms with Crippen LogP contribution in [0.4, 0.5) is 4.39 Å². The van der Waals surface area contributed by atoms with Crippen molar-refractivity contribution in [3.8, 4) is 0 Å². The quantitative estimate of drug-likeness (QED) is 0.797. The van der Waals surface area contributed by atoms with E-state index in [1.54, 1.807) is 12.1 Å².